The van der Waals surface area contributed by atoms with E-state index >= 15 is 0 Å². The maximum Gasteiger partial charge on any atom is 0.256 e. The molecule has 1 saturated heterocycles. The summed E-state index contributed by atoms with van der Waals surface area (Å²) in [6.45, 7) is 0.947. The second-order valence-corrected chi connectivity index (χ2v) is 7.89. The van der Waals surface area contributed by atoms with Gasteiger partial charge in [-0.3, -0.25) is 4.79 Å². The van der Waals surface area contributed by atoms with Crippen molar-refractivity contribution in [3.05, 3.63) is 29.6 Å². The van der Waals surface area contributed by atoms with Gasteiger partial charge >= 0.3 is 0 Å². The summed E-state index contributed by atoms with van der Waals surface area (Å²) in [6, 6.07) is 4.89. The van der Waals surface area contributed by atoms with Gasteiger partial charge in [-0.2, -0.15) is 0 Å². The molecule has 1 aliphatic heterocycles. The van der Waals surface area contributed by atoms with Crippen LogP contribution in [0.1, 0.15) is 56.9 Å². The van der Waals surface area contributed by atoms with Gasteiger partial charge in [0.25, 0.3) is 5.91 Å². The van der Waals surface area contributed by atoms with Crippen LogP contribution in [-0.2, 0) is 11.3 Å². The molecule has 0 aromatic heterocycles. The second kappa shape index (κ2) is 9.02. The Bertz CT molecular complexity index is 646. The van der Waals surface area contributed by atoms with Gasteiger partial charge in [-0.15, -0.1) is 0 Å². The number of likely N-dealkylation sites (tertiary alicyclic amines) is 1. The van der Waals surface area contributed by atoms with Gasteiger partial charge in [-0.25, -0.2) is 4.39 Å². The number of aliphatic hydroxyl groups is 1. The average Bonchev–Trinajstić information content (AvgIpc) is 2.94. The zero-order chi connectivity index (χ0) is 19.3. The Kier molecular flexibility index (Phi) is 6.71. The predicted molar refractivity (Wildman–Crippen MR) is 102 cm³/mol. The molecular formula is C21H31FN2O3. The third-order valence-corrected chi connectivity index (χ3v) is 5.86. The normalized spacial score (nSPS) is 24.7. The Labute approximate surface area is 160 Å². The van der Waals surface area contributed by atoms with Crippen molar-refractivity contribution in [1.82, 2.24) is 10.2 Å². The Morgan fingerprint density at radius 3 is 2.70 bits per heavy atom. The first-order valence-electron chi connectivity index (χ1n) is 10.1. The van der Waals surface area contributed by atoms with E-state index in [9.17, 15) is 14.3 Å². The average molecular weight is 378 g/mol. The van der Waals surface area contributed by atoms with Gasteiger partial charge < -0.3 is 20.1 Å². The fourth-order valence-corrected chi connectivity index (χ4v) is 4.18. The number of rotatable bonds is 6. The molecule has 1 heterocycles. The minimum Gasteiger partial charge on any atom is -0.497 e. The topological polar surface area (TPSA) is 61.8 Å². The third kappa shape index (κ3) is 4.99. The Hall–Kier alpha value is -1.66. The summed E-state index contributed by atoms with van der Waals surface area (Å²) < 4.78 is 19.3. The van der Waals surface area contributed by atoms with Gasteiger partial charge in [0.05, 0.1) is 7.11 Å². The molecular weight excluding hydrogens is 347 g/mol. The maximum atomic E-state index is 14.1. The summed E-state index contributed by atoms with van der Waals surface area (Å²) in [6.07, 6.45) is 8.29. The number of piperidine rings is 1. The number of benzene rings is 1. The molecule has 1 atom stereocenters. The number of carbonyl (C=O) groups excluding carboxylic acids is 1. The summed E-state index contributed by atoms with van der Waals surface area (Å²) in [4.78, 5) is 14.5. The van der Waals surface area contributed by atoms with E-state index in [1.807, 2.05) is 0 Å². The number of nitrogens with one attached hydrogen (secondary N) is 1. The summed E-state index contributed by atoms with van der Waals surface area (Å²) in [5.41, 5.74) is -0.997. The fourth-order valence-electron chi connectivity index (χ4n) is 4.18. The van der Waals surface area contributed by atoms with E-state index in [0.29, 0.717) is 36.7 Å². The SMILES string of the molecule is COc1ccc(F)c(CN2CCC[C@](O)(CNC3CCCCCC3)C2=O)c1. The lowest BCUT2D eigenvalue weighted by atomic mass is 9.90. The Balaban J connectivity index is 1.64. The zero-order valence-electron chi connectivity index (χ0n) is 16.2. The quantitative estimate of drug-likeness (QED) is 0.747. The van der Waals surface area contributed by atoms with Crippen LogP contribution in [0.15, 0.2) is 18.2 Å². The number of methoxy groups -OCH3 is 1. The van der Waals surface area contributed by atoms with Gasteiger partial charge in [0.15, 0.2) is 5.60 Å². The van der Waals surface area contributed by atoms with E-state index < -0.39 is 5.60 Å². The minimum atomic E-state index is -1.40. The molecule has 150 valence electrons. The summed E-state index contributed by atoms with van der Waals surface area (Å²) >= 11 is 0. The van der Waals surface area contributed by atoms with E-state index in [2.05, 4.69) is 5.32 Å². The van der Waals surface area contributed by atoms with Crippen molar-refractivity contribution >= 4 is 5.91 Å². The molecule has 5 nitrogen and oxygen atoms in total. The van der Waals surface area contributed by atoms with Crippen LogP contribution in [0.3, 0.4) is 0 Å². The number of halogens is 1. The molecule has 2 aliphatic rings. The van der Waals surface area contributed by atoms with Crippen molar-refractivity contribution in [2.75, 3.05) is 20.2 Å². The van der Waals surface area contributed by atoms with Crippen LogP contribution >= 0.6 is 0 Å². The molecule has 1 aromatic rings. The van der Waals surface area contributed by atoms with Crippen LogP contribution < -0.4 is 10.1 Å². The first-order valence-corrected chi connectivity index (χ1v) is 10.1. The van der Waals surface area contributed by atoms with E-state index in [4.69, 9.17) is 4.74 Å². The number of nitrogens with zero attached hydrogens (tertiary/aromatic N) is 1. The molecule has 0 bridgehead atoms. The van der Waals surface area contributed by atoms with Crippen LogP contribution in [-0.4, -0.2) is 47.8 Å². The van der Waals surface area contributed by atoms with Gasteiger partial charge in [0.2, 0.25) is 0 Å². The molecule has 2 N–H and O–H groups in total. The highest BCUT2D eigenvalue weighted by atomic mass is 19.1. The molecule has 0 unspecified atom stereocenters. The first kappa shape index (κ1) is 20.1. The van der Waals surface area contributed by atoms with E-state index in [1.165, 1.54) is 38.9 Å². The number of amides is 1. The van der Waals surface area contributed by atoms with Crippen LogP contribution in [0.25, 0.3) is 0 Å². The largest absolute Gasteiger partial charge is 0.497 e. The summed E-state index contributed by atoms with van der Waals surface area (Å²) in [5.74, 6) is -0.118. The molecule has 1 aliphatic carbocycles. The molecule has 1 amide bonds. The predicted octanol–water partition coefficient (Wildman–Crippen LogP) is 3.00. The molecule has 2 fully saturated rings. The highest BCUT2D eigenvalue weighted by Gasteiger charge is 2.42. The molecule has 27 heavy (non-hydrogen) atoms. The monoisotopic (exact) mass is 378 g/mol. The third-order valence-electron chi connectivity index (χ3n) is 5.86. The molecule has 1 aromatic carbocycles. The van der Waals surface area contributed by atoms with Crippen molar-refractivity contribution in [1.29, 1.82) is 0 Å². The van der Waals surface area contributed by atoms with Crippen LogP contribution in [0, 0.1) is 5.82 Å². The van der Waals surface area contributed by atoms with Crippen molar-refractivity contribution < 1.29 is 19.0 Å². The lowest BCUT2D eigenvalue weighted by Crippen LogP contribution is -2.58. The second-order valence-electron chi connectivity index (χ2n) is 7.89. The summed E-state index contributed by atoms with van der Waals surface area (Å²) in [7, 11) is 1.53. The Morgan fingerprint density at radius 2 is 2.00 bits per heavy atom. The molecule has 0 spiro atoms. The van der Waals surface area contributed by atoms with Crippen molar-refractivity contribution in [3.8, 4) is 5.75 Å². The van der Waals surface area contributed by atoms with Crippen LogP contribution in [0.2, 0.25) is 0 Å². The zero-order valence-corrected chi connectivity index (χ0v) is 16.2. The van der Waals surface area contributed by atoms with Gasteiger partial charge in [0, 0.05) is 31.2 Å². The van der Waals surface area contributed by atoms with E-state index in [1.54, 1.807) is 17.0 Å². The fraction of sp³-hybridized carbons (Fsp3) is 0.667. The summed E-state index contributed by atoms with van der Waals surface area (Å²) in [5, 5.41) is 14.4. The molecule has 6 heteroatoms. The molecule has 1 saturated carbocycles. The number of hydrogen-bond donors (Lipinski definition) is 2. The van der Waals surface area contributed by atoms with Crippen LogP contribution in [0.4, 0.5) is 4.39 Å². The van der Waals surface area contributed by atoms with Crippen molar-refractivity contribution in [3.63, 3.8) is 0 Å². The van der Waals surface area contributed by atoms with Crippen molar-refractivity contribution in [2.45, 2.75) is 69.6 Å². The van der Waals surface area contributed by atoms with Gasteiger partial charge in [0.1, 0.15) is 11.6 Å². The number of ether oxygens (including phenoxy) is 1. The number of carbonyl (C=O) groups is 1. The highest BCUT2D eigenvalue weighted by molar-refractivity contribution is 5.86. The van der Waals surface area contributed by atoms with Crippen LogP contribution in [0.5, 0.6) is 5.75 Å². The first-order chi connectivity index (χ1) is 13.0. The molecule has 0 radical (unpaired) electrons. The standard InChI is InChI=1S/C21H31FN2O3/c1-27-18-9-10-19(22)16(13-18)14-24-12-6-11-21(26,20(24)25)15-23-17-7-4-2-3-5-8-17/h9-10,13,17,23,26H,2-8,11-12,14-15H2,1H3/t21-/m0/s1. The van der Waals surface area contributed by atoms with Gasteiger partial charge in [-0.05, 0) is 43.9 Å². The lowest BCUT2D eigenvalue weighted by molar-refractivity contribution is -0.157. The van der Waals surface area contributed by atoms with Crippen molar-refractivity contribution in [2.24, 2.45) is 0 Å². The van der Waals surface area contributed by atoms with Gasteiger partial charge in [-0.1, -0.05) is 25.7 Å². The number of hydrogen-bond acceptors (Lipinski definition) is 4. The smallest absolute Gasteiger partial charge is 0.256 e. The van der Waals surface area contributed by atoms with E-state index in [0.717, 1.165) is 12.8 Å². The maximum absolute atomic E-state index is 14.1. The molecule has 3 rings (SSSR count). The highest BCUT2D eigenvalue weighted by Crippen LogP contribution is 2.26. The Morgan fingerprint density at radius 1 is 1.26 bits per heavy atom. The lowest BCUT2D eigenvalue weighted by Gasteiger charge is -2.39. The van der Waals surface area contributed by atoms with E-state index in [-0.39, 0.29) is 24.8 Å². The minimum absolute atomic E-state index is 0.146.